The summed E-state index contributed by atoms with van der Waals surface area (Å²) in [5.41, 5.74) is 1.15. The molecule has 0 spiro atoms. The maximum Gasteiger partial charge on any atom is 0.234 e. The molecule has 0 aliphatic carbocycles. The Morgan fingerprint density at radius 3 is 3.10 bits per heavy atom. The van der Waals surface area contributed by atoms with E-state index in [0.717, 1.165) is 36.5 Å². The number of carbonyl (C=O) groups excluding carboxylic acids is 1. The number of rotatable bonds is 6. The van der Waals surface area contributed by atoms with Crippen molar-refractivity contribution in [3.8, 4) is 0 Å². The Hall–Kier alpha value is -1.10. The molecule has 2 N–H and O–H groups in total. The van der Waals surface area contributed by atoms with Gasteiger partial charge in [0.05, 0.1) is 6.54 Å². The largest absolute Gasteiger partial charge is 0.355 e. The zero-order chi connectivity index (χ0) is 15.1. The highest BCUT2D eigenvalue weighted by molar-refractivity contribution is 6.30. The van der Waals surface area contributed by atoms with E-state index < -0.39 is 0 Å². The Bertz CT molecular complexity index is 467. The van der Waals surface area contributed by atoms with E-state index in [4.69, 9.17) is 11.6 Å². The molecule has 4 nitrogen and oxygen atoms in total. The fraction of sp³-hybridized carbons (Fsp3) is 0.562. The topological polar surface area (TPSA) is 44.4 Å². The first-order valence-electron chi connectivity index (χ1n) is 7.58. The number of likely N-dealkylation sites (tertiary alicyclic amines) is 1. The van der Waals surface area contributed by atoms with E-state index in [1.165, 1.54) is 6.42 Å². The van der Waals surface area contributed by atoms with E-state index >= 15 is 0 Å². The second-order valence-electron chi connectivity index (χ2n) is 5.59. The highest BCUT2D eigenvalue weighted by Crippen LogP contribution is 2.11. The van der Waals surface area contributed by atoms with E-state index in [-0.39, 0.29) is 5.91 Å². The monoisotopic (exact) mass is 309 g/mol. The van der Waals surface area contributed by atoms with Crippen LogP contribution in [0, 0.1) is 0 Å². The highest BCUT2D eigenvalue weighted by Gasteiger charge is 2.19. The number of amides is 1. The van der Waals surface area contributed by atoms with Gasteiger partial charge in [0.1, 0.15) is 0 Å². The summed E-state index contributed by atoms with van der Waals surface area (Å²) in [5.74, 6) is 0.105. The molecule has 1 aromatic carbocycles. The molecule has 1 unspecified atom stereocenters. The van der Waals surface area contributed by atoms with Crippen LogP contribution in [0.5, 0.6) is 0 Å². The Labute approximate surface area is 131 Å². The molecule has 2 rings (SSSR count). The molecule has 0 radical (unpaired) electrons. The van der Waals surface area contributed by atoms with Crippen LogP contribution in [0.1, 0.15) is 18.4 Å². The third-order valence-electron chi connectivity index (χ3n) is 3.91. The van der Waals surface area contributed by atoms with E-state index in [9.17, 15) is 4.79 Å². The number of nitrogens with one attached hydrogen (secondary N) is 2. The van der Waals surface area contributed by atoms with E-state index in [1.807, 2.05) is 31.3 Å². The van der Waals surface area contributed by atoms with Gasteiger partial charge in [0.15, 0.2) is 0 Å². The first-order chi connectivity index (χ1) is 10.2. The maximum atomic E-state index is 12.0. The second-order valence-corrected chi connectivity index (χ2v) is 6.03. The summed E-state index contributed by atoms with van der Waals surface area (Å²) in [5, 5.41) is 7.02. The first-order valence-corrected chi connectivity index (χ1v) is 7.96. The minimum absolute atomic E-state index is 0.105. The van der Waals surface area contributed by atoms with Crippen molar-refractivity contribution in [1.82, 2.24) is 15.5 Å². The van der Waals surface area contributed by atoms with Gasteiger partial charge in [-0.1, -0.05) is 23.7 Å². The van der Waals surface area contributed by atoms with Crippen molar-refractivity contribution in [2.45, 2.75) is 25.3 Å². The Kier molecular flexibility index (Phi) is 6.49. The van der Waals surface area contributed by atoms with Crippen molar-refractivity contribution in [2.75, 3.05) is 33.2 Å². The predicted octanol–water partition coefficient (Wildman–Crippen LogP) is 1.68. The number of piperidine rings is 1. The molecule has 1 fully saturated rings. The molecular weight excluding hydrogens is 286 g/mol. The average molecular weight is 310 g/mol. The van der Waals surface area contributed by atoms with Crippen molar-refractivity contribution in [2.24, 2.45) is 0 Å². The molecule has 116 valence electrons. The molecular formula is C16H24ClN3O. The number of halogens is 1. The van der Waals surface area contributed by atoms with Gasteiger partial charge < -0.3 is 10.6 Å². The lowest BCUT2D eigenvalue weighted by atomic mass is 10.1. The van der Waals surface area contributed by atoms with E-state index in [2.05, 4.69) is 15.5 Å². The fourth-order valence-corrected chi connectivity index (χ4v) is 2.95. The normalized spacial score (nSPS) is 19.4. The lowest BCUT2D eigenvalue weighted by Gasteiger charge is -2.31. The zero-order valence-corrected chi connectivity index (χ0v) is 13.3. The van der Waals surface area contributed by atoms with Crippen molar-refractivity contribution in [3.63, 3.8) is 0 Å². The lowest BCUT2D eigenvalue weighted by molar-refractivity contribution is -0.122. The standard InChI is InChI=1S/C16H24ClN3O/c1-18-15-6-3-9-20(11-15)12-16(21)19-8-7-13-4-2-5-14(17)10-13/h2,4-5,10,15,18H,3,6-9,11-12H2,1H3,(H,19,21). The summed E-state index contributed by atoms with van der Waals surface area (Å²) < 4.78 is 0. The number of hydrogen-bond acceptors (Lipinski definition) is 3. The fourth-order valence-electron chi connectivity index (χ4n) is 2.73. The number of carbonyl (C=O) groups is 1. The van der Waals surface area contributed by atoms with Gasteiger partial charge >= 0.3 is 0 Å². The molecule has 1 aliphatic heterocycles. The van der Waals surface area contributed by atoms with Crippen LogP contribution in [-0.2, 0) is 11.2 Å². The molecule has 1 aromatic rings. The smallest absolute Gasteiger partial charge is 0.234 e. The zero-order valence-electron chi connectivity index (χ0n) is 12.6. The Balaban J connectivity index is 1.67. The van der Waals surface area contributed by atoms with Crippen molar-refractivity contribution >= 4 is 17.5 Å². The minimum atomic E-state index is 0.105. The predicted molar refractivity (Wildman–Crippen MR) is 86.7 cm³/mol. The summed E-state index contributed by atoms with van der Waals surface area (Å²) >= 11 is 5.94. The van der Waals surface area contributed by atoms with Crippen LogP contribution in [0.2, 0.25) is 5.02 Å². The van der Waals surface area contributed by atoms with Crippen LogP contribution in [-0.4, -0.2) is 50.1 Å². The molecule has 1 amide bonds. The third-order valence-corrected chi connectivity index (χ3v) is 4.14. The molecule has 1 saturated heterocycles. The van der Waals surface area contributed by atoms with E-state index in [1.54, 1.807) is 0 Å². The maximum absolute atomic E-state index is 12.0. The number of benzene rings is 1. The van der Waals surface area contributed by atoms with Gasteiger partial charge in [-0.3, -0.25) is 9.69 Å². The summed E-state index contributed by atoms with van der Waals surface area (Å²) in [6, 6.07) is 8.28. The minimum Gasteiger partial charge on any atom is -0.355 e. The molecule has 21 heavy (non-hydrogen) atoms. The molecule has 0 saturated carbocycles. The van der Waals surface area contributed by atoms with E-state index in [0.29, 0.717) is 19.1 Å². The van der Waals surface area contributed by atoms with Crippen LogP contribution in [0.15, 0.2) is 24.3 Å². The van der Waals surface area contributed by atoms with Gasteiger partial charge in [-0.05, 0) is 50.6 Å². The van der Waals surface area contributed by atoms with Crippen LogP contribution in [0.25, 0.3) is 0 Å². The molecule has 0 bridgehead atoms. The van der Waals surface area contributed by atoms with Gasteiger partial charge in [0.25, 0.3) is 0 Å². The summed E-state index contributed by atoms with van der Waals surface area (Å²) in [6.07, 6.45) is 3.16. The van der Waals surface area contributed by atoms with Crippen LogP contribution in [0.3, 0.4) is 0 Å². The van der Waals surface area contributed by atoms with Crippen molar-refractivity contribution < 1.29 is 4.79 Å². The van der Waals surface area contributed by atoms with Gasteiger partial charge in [-0.25, -0.2) is 0 Å². The van der Waals surface area contributed by atoms with Gasteiger partial charge in [0.2, 0.25) is 5.91 Å². The Morgan fingerprint density at radius 2 is 2.33 bits per heavy atom. The number of nitrogens with zero attached hydrogens (tertiary/aromatic N) is 1. The Morgan fingerprint density at radius 1 is 1.48 bits per heavy atom. The molecule has 1 heterocycles. The van der Waals surface area contributed by atoms with Crippen LogP contribution < -0.4 is 10.6 Å². The molecule has 0 aromatic heterocycles. The SMILES string of the molecule is CNC1CCCN(CC(=O)NCCc2cccc(Cl)c2)C1. The number of likely N-dealkylation sites (N-methyl/N-ethyl adjacent to an activating group) is 1. The molecule has 1 aliphatic rings. The quantitative estimate of drug-likeness (QED) is 0.840. The molecule has 5 heteroatoms. The second kappa shape index (κ2) is 8.37. The summed E-state index contributed by atoms with van der Waals surface area (Å²) in [4.78, 5) is 14.2. The highest BCUT2D eigenvalue weighted by atomic mass is 35.5. The number of hydrogen-bond donors (Lipinski definition) is 2. The van der Waals surface area contributed by atoms with Gasteiger partial charge in [0, 0.05) is 24.2 Å². The molecule has 1 atom stereocenters. The summed E-state index contributed by atoms with van der Waals surface area (Å²) in [7, 11) is 1.99. The average Bonchev–Trinajstić information content (AvgIpc) is 2.47. The summed E-state index contributed by atoms with van der Waals surface area (Å²) in [6.45, 7) is 3.12. The van der Waals surface area contributed by atoms with Crippen LogP contribution >= 0.6 is 11.6 Å². The van der Waals surface area contributed by atoms with Crippen LogP contribution in [0.4, 0.5) is 0 Å². The first kappa shape index (κ1) is 16.3. The van der Waals surface area contributed by atoms with Gasteiger partial charge in [-0.15, -0.1) is 0 Å². The van der Waals surface area contributed by atoms with Gasteiger partial charge in [-0.2, -0.15) is 0 Å². The van der Waals surface area contributed by atoms with Crippen molar-refractivity contribution in [3.05, 3.63) is 34.9 Å². The third kappa shape index (κ3) is 5.65. The van der Waals surface area contributed by atoms with Crippen molar-refractivity contribution in [1.29, 1.82) is 0 Å². The lowest BCUT2D eigenvalue weighted by Crippen LogP contribution is -2.48.